The van der Waals surface area contributed by atoms with Gasteiger partial charge in [0.1, 0.15) is 10.5 Å². The van der Waals surface area contributed by atoms with Crippen LogP contribution in [-0.4, -0.2) is 21.9 Å². The minimum Gasteiger partial charge on any atom is -0.396 e. The molecule has 1 heterocycles. The van der Waals surface area contributed by atoms with E-state index < -0.39 is 0 Å². The van der Waals surface area contributed by atoms with Crippen molar-refractivity contribution in [2.24, 2.45) is 0 Å². The SMILES string of the molecule is CC(CO)c1nncs1. The van der Waals surface area contributed by atoms with Gasteiger partial charge in [-0.3, -0.25) is 0 Å². The monoisotopic (exact) mass is 144 g/mol. The van der Waals surface area contributed by atoms with Crippen LogP contribution in [0.4, 0.5) is 0 Å². The van der Waals surface area contributed by atoms with Crippen LogP contribution < -0.4 is 0 Å². The number of aromatic nitrogens is 2. The first-order chi connectivity index (χ1) is 4.34. The molecular formula is C5H8N2OS. The van der Waals surface area contributed by atoms with Crippen molar-refractivity contribution in [2.45, 2.75) is 12.8 Å². The first kappa shape index (κ1) is 6.64. The second kappa shape index (κ2) is 2.89. The number of aliphatic hydroxyl groups is 1. The van der Waals surface area contributed by atoms with E-state index in [1.165, 1.54) is 11.3 Å². The summed E-state index contributed by atoms with van der Waals surface area (Å²) in [6.45, 7) is 2.07. The van der Waals surface area contributed by atoms with E-state index in [1.807, 2.05) is 6.92 Å². The molecule has 0 bridgehead atoms. The third kappa shape index (κ3) is 1.46. The lowest BCUT2D eigenvalue weighted by molar-refractivity contribution is 0.272. The van der Waals surface area contributed by atoms with Crippen LogP contribution in [0.25, 0.3) is 0 Å². The quantitative estimate of drug-likeness (QED) is 0.662. The highest BCUT2D eigenvalue weighted by molar-refractivity contribution is 7.09. The number of aliphatic hydroxyl groups excluding tert-OH is 1. The second-order valence-corrected chi connectivity index (χ2v) is 2.73. The molecule has 1 unspecified atom stereocenters. The average Bonchev–Trinajstić information content (AvgIpc) is 2.37. The fourth-order valence-corrected chi connectivity index (χ4v) is 1.08. The Morgan fingerprint density at radius 3 is 3.11 bits per heavy atom. The van der Waals surface area contributed by atoms with E-state index in [2.05, 4.69) is 10.2 Å². The molecule has 0 aromatic carbocycles. The lowest BCUT2D eigenvalue weighted by atomic mass is 10.2. The van der Waals surface area contributed by atoms with Crippen LogP contribution in [0.2, 0.25) is 0 Å². The topological polar surface area (TPSA) is 46.0 Å². The molecule has 3 nitrogen and oxygen atoms in total. The zero-order chi connectivity index (χ0) is 6.69. The molecule has 0 saturated heterocycles. The zero-order valence-electron chi connectivity index (χ0n) is 5.11. The highest BCUT2D eigenvalue weighted by atomic mass is 32.1. The average molecular weight is 144 g/mol. The van der Waals surface area contributed by atoms with E-state index in [4.69, 9.17) is 5.11 Å². The van der Waals surface area contributed by atoms with Crippen molar-refractivity contribution < 1.29 is 5.11 Å². The van der Waals surface area contributed by atoms with Gasteiger partial charge >= 0.3 is 0 Å². The van der Waals surface area contributed by atoms with Gasteiger partial charge in [0.05, 0.1) is 6.61 Å². The standard InChI is InChI=1S/C5H8N2OS/c1-4(2-8)5-7-6-3-9-5/h3-4,8H,2H2,1H3. The van der Waals surface area contributed by atoms with E-state index in [-0.39, 0.29) is 12.5 Å². The largest absolute Gasteiger partial charge is 0.396 e. The van der Waals surface area contributed by atoms with Crippen molar-refractivity contribution in [3.05, 3.63) is 10.5 Å². The summed E-state index contributed by atoms with van der Waals surface area (Å²) >= 11 is 1.47. The van der Waals surface area contributed by atoms with Crippen LogP contribution in [0.5, 0.6) is 0 Å². The highest BCUT2D eigenvalue weighted by Crippen LogP contribution is 2.14. The molecule has 0 radical (unpaired) electrons. The minimum atomic E-state index is 0.137. The Balaban J connectivity index is 2.65. The fourth-order valence-electron chi connectivity index (χ4n) is 0.474. The molecule has 0 aliphatic rings. The van der Waals surface area contributed by atoms with E-state index in [9.17, 15) is 0 Å². The predicted molar refractivity (Wildman–Crippen MR) is 35.4 cm³/mol. The van der Waals surface area contributed by atoms with Crippen LogP contribution in [0.3, 0.4) is 0 Å². The summed E-state index contributed by atoms with van der Waals surface area (Å²) in [7, 11) is 0. The molecule has 50 valence electrons. The summed E-state index contributed by atoms with van der Waals surface area (Å²) in [4.78, 5) is 0. The lowest BCUT2D eigenvalue weighted by Gasteiger charge is -1.98. The van der Waals surface area contributed by atoms with Crippen molar-refractivity contribution in [2.75, 3.05) is 6.61 Å². The van der Waals surface area contributed by atoms with Gasteiger partial charge in [0.25, 0.3) is 0 Å². The van der Waals surface area contributed by atoms with Gasteiger partial charge in [-0.05, 0) is 0 Å². The van der Waals surface area contributed by atoms with Crippen LogP contribution in [-0.2, 0) is 0 Å². The highest BCUT2D eigenvalue weighted by Gasteiger charge is 2.05. The summed E-state index contributed by atoms with van der Waals surface area (Å²) < 4.78 is 0. The summed E-state index contributed by atoms with van der Waals surface area (Å²) in [6, 6.07) is 0. The van der Waals surface area contributed by atoms with Gasteiger partial charge in [-0.1, -0.05) is 6.92 Å². The normalized spacial score (nSPS) is 13.6. The maximum absolute atomic E-state index is 8.65. The van der Waals surface area contributed by atoms with Crippen LogP contribution >= 0.6 is 11.3 Å². The number of rotatable bonds is 2. The molecule has 1 aromatic rings. The molecule has 4 heteroatoms. The van der Waals surface area contributed by atoms with Gasteiger partial charge in [-0.2, -0.15) is 0 Å². The van der Waals surface area contributed by atoms with Gasteiger partial charge < -0.3 is 5.11 Å². The van der Waals surface area contributed by atoms with Gasteiger partial charge in [0.15, 0.2) is 0 Å². The van der Waals surface area contributed by atoms with E-state index >= 15 is 0 Å². The maximum Gasteiger partial charge on any atom is 0.122 e. The summed E-state index contributed by atoms with van der Waals surface area (Å²) in [5.41, 5.74) is 1.67. The van der Waals surface area contributed by atoms with Crippen molar-refractivity contribution >= 4 is 11.3 Å². The Morgan fingerprint density at radius 2 is 2.67 bits per heavy atom. The summed E-state index contributed by atoms with van der Waals surface area (Å²) in [5, 5.41) is 17.0. The molecule has 0 aliphatic heterocycles. The molecule has 9 heavy (non-hydrogen) atoms. The molecule has 1 rings (SSSR count). The zero-order valence-corrected chi connectivity index (χ0v) is 5.93. The maximum atomic E-state index is 8.65. The van der Waals surface area contributed by atoms with E-state index in [0.29, 0.717) is 0 Å². The van der Waals surface area contributed by atoms with Crippen LogP contribution in [0.15, 0.2) is 5.51 Å². The van der Waals surface area contributed by atoms with Crippen molar-refractivity contribution in [3.8, 4) is 0 Å². The third-order valence-electron chi connectivity index (χ3n) is 1.07. The first-order valence-electron chi connectivity index (χ1n) is 2.71. The molecule has 0 aliphatic carbocycles. The molecule has 0 saturated carbocycles. The third-order valence-corrected chi connectivity index (χ3v) is 2.00. The predicted octanol–water partition coefficient (Wildman–Crippen LogP) is 0.634. The number of hydrogen-bond donors (Lipinski definition) is 1. The second-order valence-electron chi connectivity index (χ2n) is 1.86. The van der Waals surface area contributed by atoms with Gasteiger partial charge in [0.2, 0.25) is 0 Å². The van der Waals surface area contributed by atoms with Gasteiger partial charge in [-0.25, -0.2) is 0 Å². The Kier molecular flexibility index (Phi) is 2.13. The first-order valence-corrected chi connectivity index (χ1v) is 3.59. The molecule has 0 fully saturated rings. The molecule has 1 aromatic heterocycles. The van der Waals surface area contributed by atoms with Crippen LogP contribution in [0.1, 0.15) is 17.8 Å². The minimum absolute atomic E-state index is 0.137. The number of hydrogen-bond acceptors (Lipinski definition) is 4. The van der Waals surface area contributed by atoms with E-state index in [1.54, 1.807) is 5.51 Å². The van der Waals surface area contributed by atoms with Gasteiger partial charge in [-0.15, -0.1) is 21.5 Å². The Labute approximate surface area is 57.4 Å². The fraction of sp³-hybridized carbons (Fsp3) is 0.600. The smallest absolute Gasteiger partial charge is 0.122 e. The number of nitrogens with zero attached hydrogens (tertiary/aromatic N) is 2. The molecule has 1 N–H and O–H groups in total. The Morgan fingerprint density at radius 1 is 1.89 bits per heavy atom. The van der Waals surface area contributed by atoms with E-state index in [0.717, 1.165) is 5.01 Å². The van der Waals surface area contributed by atoms with Crippen LogP contribution in [0, 0.1) is 0 Å². The van der Waals surface area contributed by atoms with Crippen molar-refractivity contribution in [3.63, 3.8) is 0 Å². The molecular weight excluding hydrogens is 136 g/mol. The Hall–Kier alpha value is -0.480. The summed E-state index contributed by atoms with van der Waals surface area (Å²) in [5.74, 6) is 0.137. The molecule has 0 spiro atoms. The van der Waals surface area contributed by atoms with Crippen molar-refractivity contribution in [1.82, 2.24) is 10.2 Å². The Bertz CT molecular complexity index is 163. The summed E-state index contributed by atoms with van der Waals surface area (Å²) in [6.07, 6.45) is 0. The van der Waals surface area contributed by atoms with Crippen molar-refractivity contribution in [1.29, 1.82) is 0 Å². The molecule has 1 atom stereocenters. The van der Waals surface area contributed by atoms with Gasteiger partial charge in [0, 0.05) is 5.92 Å². The molecule has 0 amide bonds. The lowest BCUT2D eigenvalue weighted by Crippen LogP contribution is -1.97.